The molecule has 0 fully saturated rings. The molecular weight excluding hydrogens is 334 g/mol. The zero-order valence-corrected chi connectivity index (χ0v) is 14.5. The fraction of sp³-hybridized carbons (Fsp3) is 0.111. The molecule has 0 unspecified atom stereocenters. The van der Waals surface area contributed by atoms with Gasteiger partial charge >= 0.3 is 0 Å². The molecule has 1 N–H and O–H groups in total. The number of ketones is 1. The van der Waals surface area contributed by atoms with Crippen molar-refractivity contribution in [2.24, 2.45) is 0 Å². The van der Waals surface area contributed by atoms with Gasteiger partial charge in [-0.3, -0.25) is 9.20 Å². The normalized spacial score (nSPS) is 11.0. The van der Waals surface area contributed by atoms with Crippen LogP contribution >= 0.6 is 11.3 Å². The van der Waals surface area contributed by atoms with Crippen molar-refractivity contribution in [2.75, 3.05) is 5.32 Å². The Morgan fingerprint density at radius 3 is 2.76 bits per heavy atom. The van der Waals surface area contributed by atoms with E-state index in [4.69, 9.17) is 0 Å². The molecule has 6 nitrogen and oxygen atoms in total. The Balaban J connectivity index is 1.63. The summed E-state index contributed by atoms with van der Waals surface area (Å²) >= 11 is 1.52. The third kappa shape index (κ3) is 2.89. The molecule has 3 heterocycles. The molecule has 0 spiro atoms. The quantitative estimate of drug-likeness (QED) is 0.561. The van der Waals surface area contributed by atoms with Crippen molar-refractivity contribution in [3.63, 3.8) is 0 Å². The molecule has 0 radical (unpaired) electrons. The van der Waals surface area contributed by atoms with E-state index in [0.717, 1.165) is 27.9 Å². The number of imidazole rings is 1. The summed E-state index contributed by atoms with van der Waals surface area (Å²) < 4.78 is 1.94. The maximum absolute atomic E-state index is 11.3. The first-order valence-corrected chi connectivity index (χ1v) is 8.63. The van der Waals surface area contributed by atoms with Crippen LogP contribution in [0.15, 0.2) is 48.1 Å². The van der Waals surface area contributed by atoms with E-state index in [2.05, 4.69) is 20.3 Å². The van der Waals surface area contributed by atoms with E-state index in [1.54, 1.807) is 25.3 Å². The third-order valence-corrected chi connectivity index (χ3v) is 4.63. The number of anilines is 2. The van der Waals surface area contributed by atoms with Crippen LogP contribution in [0, 0.1) is 6.92 Å². The van der Waals surface area contributed by atoms with Crippen LogP contribution in [-0.2, 0) is 0 Å². The Morgan fingerprint density at radius 1 is 1.20 bits per heavy atom. The van der Waals surface area contributed by atoms with Gasteiger partial charge in [-0.25, -0.2) is 15.0 Å². The van der Waals surface area contributed by atoms with Crippen molar-refractivity contribution < 1.29 is 4.79 Å². The van der Waals surface area contributed by atoms with E-state index >= 15 is 0 Å². The Bertz CT molecular complexity index is 1060. The lowest BCUT2D eigenvalue weighted by Gasteiger charge is -2.03. The van der Waals surface area contributed by atoms with E-state index < -0.39 is 0 Å². The molecular formula is C18H15N5OS. The Labute approximate surface area is 148 Å². The second kappa shape index (κ2) is 6.10. The molecule has 3 aromatic heterocycles. The molecule has 0 saturated heterocycles. The van der Waals surface area contributed by atoms with Crippen LogP contribution < -0.4 is 5.32 Å². The minimum Gasteiger partial charge on any atom is -0.332 e. The first-order valence-electron chi connectivity index (χ1n) is 7.75. The van der Waals surface area contributed by atoms with E-state index in [1.165, 1.54) is 11.3 Å². The fourth-order valence-corrected chi connectivity index (χ4v) is 3.37. The Hall–Kier alpha value is -3.06. The fourth-order valence-electron chi connectivity index (χ4n) is 2.66. The Kier molecular flexibility index (Phi) is 3.77. The first-order chi connectivity index (χ1) is 12.1. The predicted octanol–water partition coefficient (Wildman–Crippen LogP) is 4.11. The zero-order chi connectivity index (χ0) is 17.4. The number of rotatable bonds is 4. The van der Waals surface area contributed by atoms with E-state index in [9.17, 15) is 4.79 Å². The summed E-state index contributed by atoms with van der Waals surface area (Å²) in [6.07, 6.45) is 3.66. The van der Waals surface area contributed by atoms with Gasteiger partial charge in [-0.2, -0.15) is 0 Å². The maximum Gasteiger partial charge on any atom is 0.234 e. The highest BCUT2D eigenvalue weighted by Gasteiger charge is 2.14. The molecule has 0 amide bonds. The lowest BCUT2D eigenvalue weighted by atomic mass is 10.1. The zero-order valence-electron chi connectivity index (χ0n) is 13.7. The molecule has 0 atom stereocenters. The first kappa shape index (κ1) is 15.5. The van der Waals surface area contributed by atoms with Gasteiger partial charge in [-0.05, 0) is 44.2 Å². The SMILES string of the molecule is CC(=O)c1ccc(Nc2nc(-c3c(C)nc4ncccn34)cs2)cc1. The van der Waals surface area contributed by atoms with Crippen molar-refractivity contribution in [1.82, 2.24) is 19.4 Å². The number of hydrogen-bond donors (Lipinski definition) is 1. The van der Waals surface area contributed by atoms with Crippen molar-refractivity contribution in [3.05, 3.63) is 59.4 Å². The number of fused-ring (bicyclic) bond motifs is 1. The highest BCUT2D eigenvalue weighted by Crippen LogP contribution is 2.29. The van der Waals surface area contributed by atoms with Crippen LogP contribution in [0.4, 0.5) is 10.8 Å². The van der Waals surface area contributed by atoms with Gasteiger partial charge in [-0.1, -0.05) is 0 Å². The van der Waals surface area contributed by atoms with E-state index in [-0.39, 0.29) is 5.78 Å². The van der Waals surface area contributed by atoms with Crippen LogP contribution in [0.1, 0.15) is 23.0 Å². The molecule has 0 saturated carbocycles. The molecule has 0 bridgehead atoms. The molecule has 0 aliphatic heterocycles. The lowest BCUT2D eigenvalue weighted by molar-refractivity contribution is 0.101. The monoisotopic (exact) mass is 349 g/mol. The second-order valence-electron chi connectivity index (χ2n) is 5.63. The van der Waals surface area contributed by atoms with Gasteiger partial charge in [0.2, 0.25) is 5.78 Å². The molecule has 25 heavy (non-hydrogen) atoms. The van der Waals surface area contributed by atoms with Crippen LogP contribution in [0.25, 0.3) is 17.2 Å². The molecule has 7 heteroatoms. The molecule has 0 aliphatic carbocycles. The molecule has 0 aliphatic rings. The topological polar surface area (TPSA) is 72.2 Å². The summed E-state index contributed by atoms with van der Waals surface area (Å²) in [6.45, 7) is 3.51. The number of hydrogen-bond acceptors (Lipinski definition) is 6. The van der Waals surface area contributed by atoms with Crippen molar-refractivity contribution in [3.8, 4) is 11.4 Å². The van der Waals surface area contributed by atoms with Crippen molar-refractivity contribution in [2.45, 2.75) is 13.8 Å². The third-order valence-electron chi connectivity index (χ3n) is 3.87. The smallest absolute Gasteiger partial charge is 0.234 e. The largest absolute Gasteiger partial charge is 0.332 e. The molecule has 124 valence electrons. The molecule has 4 aromatic rings. The predicted molar refractivity (Wildman–Crippen MR) is 98.6 cm³/mol. The number of nitrogens with zero attached hydrogens (tertiary/aromatic N) is 4. The molecule has 4 rings (SSSR count). The number of carbonyl (C=O) groups is 1. The van der Waals surface area contributed by atoms with Gasteiger partial charge in [0, 0.05) is 29.0 Å². The minimum absolute atomic E-state index is 0.0554. The van der Waals surface area contributed by atoms with Gasteiger partial charge in [-0.15, -0.1) is 11.3 Å². The summed E-state index contributed by atoms with van der Waals surface area (Å²) in [5.74, 6) is 0.720. The highest BCUT2D eigenvalue weighted by atomic mass is 32.1. The number of Topliss-reactive ketones (excluding diaryl/α,β-unsaturated/α-hetero) is 1. The van der Waals surface area contributed by atoms with Crippen LogP contribution in [0.3, 0.4) is 0 Å². The molecule has 1 aromatic carbocycles. The number of nitrogens with one attached hydrogen (secondary N) is 1. The van der Waals surface area contributed by atoms with E-state index in [1.807, 2.05) is 41.1 Å². The highest BCUT2D eigenvalue weighted by molar-refractivity contribution is 7.14. The number of carbonyl (C=O) groups excluding carboxylic acids is 1. The summed E-state index contributed by atoms with van der Waals surface area (Å²) in [4.78, 5) is 24.8. The summed E-state index contributed by atoms with van der Waals surface area (Å²) in [6, 6.07) is 9.24. The van der Waals surface area contributed by atoms with Crippen LogP contribution in [0.5, 0.6) is 0 Å². The summed E-state index contributed by atoms with van der Waals surface area (Å²) in [5, 5.41) is 6.05. The standard InChI is InChI=1S/C18H15N5OS/c1-11-16(23-9-3-8-19-17(23)20-11)15-10-25-18(22-15)21-14-6-4-13(5-7-14)12(2)24/h3-10H,1-2H3,(H,21,22). The number of thiazole rings is 1. The van der Waals surface area contributed by atoms with Gasteiger partial charge in [0.25, 0.3) is 0 Å². The average Bonchev–Trinajstić information content (AvgIpc) is 3.18. The second-order valence-corrected chi connectivity index (χ2v) is 6.49. The van der Waals surface area contributed by atoms with Gasteiger partial charge in [0.1, 0.15) is 5.69 Å². The average molecular weight is 349 g/mol. The van der Waals surface area contributed by atoms with Crippen molar-refractivity contribution >= 4 is 33.7 Å². The summed E-state index contributed by atoms with van der Waals surface area (Å²) in [5.41, 5.74) is 4.27. The number of aromatic nitrogens is 4. The van der Waals surface area contributed by atoms with Gasteiger partial charge in [0.15, 0.2) is 10.9 Å². The Morgan fingerprint density at radius 2 is 2.00 bits per heavy atom. The van der Waals surface area contributed by atoms with E-state index in [0.29, 0.717) is 11.3 Å². The van der Waals surface area contributed by atoms with Crippen LogP contribution in [-0.4, -0.2) is 25.1 Å². The number of aryl methyl sites for hydroxylation is 1. The van der Waals surface area contributed by atoms with Gasteiger partial charge < -0.3 is 5.32 Å². The van der Waals surface area contributed by atoms with Gasteiger partial charge in [0.05, 0.1) is 11.4 Å². The lowest BCUT2D eigenvalue weighted by Crippen LogP contribution is -1.94. The maximum atomic E-state index is 11.3. The summed E-state index contributed by atoms with van der Waals surface area (Å²) in [7, 11) is 0. The van der Waals surface area contributed by atoms with Crippen molar-refractivity contribution in [1.29, 1.82) is 0 Å². The minimum atomic E-state index is 0.0554. The number of benzene rings is 1. The van der Waals surface area contributed by atoms with Crippen LogP contribution in [0.2, 0.25) is 0 Å².